The second-order valence-electron chi connectivity index (χ2n) is 6.66. The molecule has 0 amide bonds. The van der Waals surface area contributed by atoms with Crippen LogP contribution < -0.4 is 5.32 Å². The first-order chi connectivity index (χ1) is 9.69. The van der Waals surface area contributed by atoms with Gasteiger partial charge >= 0.3 is 0 Å². The number of hydrogen-bond acceptors (Lipinski definition) is 2. The number of likely N-dealkylation sites (N-methyl/N-ethyl adjacent to an activating group) is 1. The molecule has 1 unspecified atom stereocenters. The highest BCUT2D eigenvalue weighted by Crippen LogP contribution is 2.27. The molecule has 0 spiro atoms. The number of aromatic nitrogens is 2. The van der Waals surface area contributed by atoms with Gasteiger partial charge in [-0.1, -0.05) is 38.5 Å². The number of hydrogen-bond donors (Lipinski definition) is 1. The fourth-order valence-corrected chi connectivity index (χ4v) is 3.33. The molecule has 3 nitrogen and oxygen atoms in total. The molecule has 1 aliphatic carbocycles. The Balaban J connectivity index is 1.87. The van der Waals surface area contributed by atoms with E-state index in [9.17, 15) is 0 Å². The van der Waals surface area contributed by atoms with Crippen LogP contribution in [0.2, 0.25) is 0 Å². The molecular weight excluding hydrogens is 246 g/mol. The molecule has 1 aromatic rings. The average Bonchev–Trinajstić information content (AvgIpc) is 2.75. The first kappa shape index (κ1) is 15.6. The molecular formula is C17H31N3. The van der Waals surface area contributed by atoms with E-state index in [0.717, 1.165) is 12.3 Å². The lowest BCUT2D eigenvalue weighted by molar-refractivity contribution is 0.359. The van der Waals surface area contributed by atoms with Gasteiger partial charge in [0.1, 0.15) is 0 Å². The molecule has 1 fully saturated rings. The van der Waals surface area contributed by atoms with E-state index in [1.165, 1.54) is 50.6 Å². The van der Waals surface area contributed by atoms with Gasteiger partial charge < -0.3 is 5.32 Å². The third kappa shape index (κ3) is 4.62. The summed E-state index contributed by atoms with van der Waals surface area (Å²) in [5, 5.41) is 8.19. The first-order valence-electron chi connectivity index (χ1n) is 8.40. The molecule has 1 aromatic heterocycles. The molecule has 1 N–H and O–H groups in total. The lowest BCUT2D eigenvalue weighted by Crippen LogP contribution is -2.30. The quantitative estimate of drug-likeness (QED) is 0.798. The Labute approximate surface area is 124 Å². The van der Waals surface area contributed by atoms with E-state index in [-0.39, 0.29) is 0 Å². The summed E-state index contributed by atoms with van der Waals surface area (Å²) in [5.74, 6) is 0.919. The molecule has 3 heteroatoms. The zero-order valence-corrected chi connectivity index (χ0v) is 13.4. The van der Waals surface area contributed by atoms with Crippen molar-refractivity contribution in [2.45, 2.75) is 77.3 Å². The van der Waals surface area contributed by atoms with Gasteiger partial charge in [-0.2, -0.15) is 5.10 Å². The molecule has 1 heterocycles. The number of nitrogens with one attached hydrogen (secondary N) is 1. The maximum absolute atomic E-state index is 4.69. The monoisotopic (exact) mass is 277 g/mol. The van der Waals surface area contributed by atoms with Gasteiger partial charge in [0, 0.05) is 24.7 Å². The zero-order chi connectivity index (χ0) is 14.4. The lowest BCUT2D eigenvalue weighted by Gasteiger charge is -2.21. The van der Waals surface area contributed by atoms with E-state index in [1.54, 1.807) is 0 Å². The molecule has 0 saturated heterocycles. The van der Waals surface area contributed by atoms with E-state index < -0.39 is 0 Å². The van der Waals surface area contributed by atoms with Crippen molar-refractivity contribution < 1.29 is 0 Å². The second-order valence-corrected chi connectivity index (χ2v) is 6.66. The summed E-state index contributed by atoms with van der Waals surface area (Å²) in [6.45, 7) is 4.36. The normalized spacial score (nSPS) is 19.2. The van der Waals surface area contributed by atoms with Gasteiger partial charge in [-0.25, -0.2) is 0 Å². The summed E-state index contributed by atoms with van der Waals surface area (Å²) in [4.78, 5) is 0. The molecule has 2 rings (SSSR count). The summed E-state index contributed by atoms with van der Waals surface area (Å²) in [6, 6.07) is 3.21. The Morgan fingerprint density at radius 3 is 2.50 bits per heavy atom. The first-order valence-corrected chi connectivity index (χ1v) is 8.40. The molecule has 0 bridgehead atoms. The van der Waals surface area contributed by atoms with Crippen molar-refractivity contribution in [2.24, 2.45) is 5.92 Å². The van der Waals surface area contributed by atoms with Crippen LogP contribution in [0.4, 0.5) is 0 Å². The van der Waals surface area contributed by atoms with Crippen LogP contribution in [-0.4, -0.2) is 22.9 Å². The van der Waals surface area contributed by atoms with Crippen LogP contribution in [0.5, 0.6) is 0 Å². The third-order valence-corrected chi connectivity index (χ3v) is 4.65. The van der Waals surface area contributed by atoms with Crippen molar-refractivity contribution in [1.29, 1.82) is 0 Å². The van der Waals surface area contributed by atoms with E-state index in [0.29, 0.717) is 12.1 Å². The fraction of sp³-hybridized carbons (Fsp3) is 0.824. The SMILES string of the molecule is CNC(Cc1ccn(C(C)C)n1)CC1CCCCCC1. The van der Waals surface area contributed by atoms with Crippen molar-refractivity contribution >= 4 is 0 Å². The largest absolute Gasteiger partial charge is 0.317 e. The highest BCUT2D eigenvalue weighted by atomic mass is 15.3. The van der Waals surface area contributed by atoms with Gasteiger partial charge in [-0.15, -0.1) is 0 Å². The predicted octanol–water partition coefficient (Wildman–Crippen LogP) is 3.96. The molecule has 20 heavy (non-hydrogen) atoms. The van der Waals surface area contributed by atoms with Crippen LogP contribution >= 0.6 is 0 Å². The average molecular weight is 277 g/mol. The van der Waals surface area contributed by atoms with Gasteiger partial charge in [0.2, 0.25) is 0 Å². The lowest BCUT2D eigenvalue weighted by atomic mass is 9.91. The van der Waals surface area contributed by atoms with Gasteiger partial charge in [0.05, 0.1) is 5.69 Å². The van der Waals surface area contributed by atoms with Crippen molar-refractivity contribution in [3.8, 4) is 0 Å². The number of nitrogens with zero attached hydrogens (tertiary/aromatic N) is 2. The Morgan fingerprint density at radius 1 is 1.25 bits per heavy atom. The maximum atomic E-state index is 4.69. The Bertz CT molecular complexity index is 375. The van der Waals surface area contributed by atoms with Crippen LogP contribution in [0.1, 0.15) is 70.5 Å². The van der Waals surface area contributed by atoms with Crippen LogP contribution in [0.3, 0.4) is 0 Å². The smallest absolute Gasteiger partial charge is 0.0640 e. The highest BCUT2D eigenvalue weighted by molar-refractivity contribution is 5.02. The summed E-state index contributed by atoms with van der Waals surface area (Å²) < 4.78 is 2.06. The molecule has 1 atom stereocenters. The van der Waals surface area contributed by atoms with Gasteiger partial charge in [0.15, 0.2) is 0 Å². The van der Waals surface area contributed by atoms with Crippen molar-refractivity contribution in [2.75, 3.05) is 7.05 Å². The molecule has 1 aliphatic rings. The minimum atomic E-state index is 0.457. The standard InChI is InChI=1S/C17H31N3/c1-14(2)20-11-10-16(19-20)13-17(18-3)12-15-8-6-4-5-7-9-15/h10-11,14-15,17-18H,4-9,12-13H2,1-3H3. The topological polar surface area (TPSA) is 29.9 Å². The van der Waals surface area contributed by atoms with Crippen LogP contribution in [0, 0.1) is 5.92 Å². The molecule has 114 valence electrons. The molecule has 0 aromatic carbocycles. The van der Waals surface area contributed by atoms with E-state index in [1.807, 2.05) is 0 Å². The summed E-state index contributed by atoms with van der Waals surface area (Å²) in [7, 11) is 2.10. The van der Waals surface area contributed by atoms with Crippen molar-refractivity contribution in [3.63, 3.8) is 0 Å². The van der Waals surface area contributed by atoms with Crippen molar-refractivity contribution in [1.82, 2.24) is 15.1 Å². The summed E-state index contributed by atoms with van der Waals surface area (Å²) >= 11 is 0. The fourth-order valence-electron chi connectivity index (χ4n) is 3.33. The third-order valence-electron chi connectivity index (χ3n) is 4.65. The summed E-state index contributed by atoms with van der Waals surface area (Å²) in [5.41, 5.74) is 1.23. The van der Waals surface area contributed by atoms with Crippen LogP contribution in [0.25, 0.3) is 0 Å². The van der Waals surface area contributed by atoms with E-state index in [4.69, 9.17) is 0 Å². The van der Waals surface area contributed by atoms with E-state index in [2.05, 4.69) is 48.3 Å². The van der Waals surface area contributed by atoms with Gasteiger partial charge in [0.25, 0.3) is 0 Å². The Kier molecular flexibility index (Phi) is 6.08. The zero-order valence-electron chi connectivity index (χ0n) is 13.4. The van der Waals surface area contributed by atoms with Crippen molar-refractivity contribution in [3.05, 3.63) is 18.0 Å². The minimum absolute atomic E-state index is 0.457. The summed E-state index contributed by atoms with van der Waals surface area (Å²) in [6.07, 6.45) is 13.1. The maximum Gasteiger partial charge on any atom is 0.0640 e. The number of rotatable bonds is 6. The molecule has 0 radical (unpaired) electrons. The Morgan fingerprint density at radius 2 is 1.95 bits per heavy atom. The van der Waals surface area contributed by atoms with Gasteiger partial charge in [-0.3, -0.25) is 4.68 Å². The predicted molar refractivity (Wildman–Crippen MR) is 85.0 cm³/mol. The Hall–Kier alpha value is -0.830. The highest BCUT2D eigenvalue weighted by Gasteiger charge is 2.18. The van der Waals surface area contributed by atoms with Crippen LogP contribution in [-0.2, 0) is 6.42 Å². The second kappa shape index (κ2) is 7.82. The molecule has 1 saturated carbocycles. The van der Waals surface area contributed by atoms with Crippen LogP contribution in [0.15, 0.2) is 12.3 Å². The van der Waals surface area contributed by atoms with E-state index >= 15 is 0 Å². The minimum Gasteiger partial charge on any atom is -0.317 e. The van der Waals surface area contributed by atoms with Gasteiger partial charge in [-0.05, 0) is 39.3 Å². The molecule has 0 aliphatic heterocycles.